The lowest BCUT2D eigenvalue weighted by molar-refractivity contribution is -0.462. The number of nitrogens with one attached hydrogen (secondary N) is 1. The quantitative estimate of drug-likeness (QED) is 0.0284. The Kier molecular flexibility index (Phi) is 22.8. The Hall–Kier alpha value is -2.47. The maximum absolute atomic E-state index is 15.4. The maximum atomic E-state index is 15.4. The van der Waals surface area contributed by atoms with Crippen LogP contribution in [0.1, 0.15) is 97.3 Å². The number of unbranched alkanes of at least 4 members (excludes halogenated alkanes) is 8. The smallest absolute Gasteiger partial charge is 0.359 e. The van der Waals surface area contributed by atoms with Gasteiger partial charge >= 0.3 is 71.3 Å². The van der Waals surface area contributed by atoms with Crippen LogP contribution in [0.2, 0.25) is 0 Å². The predicted molar refractivity (Wildman–Crippen MR) is 187 cm³/mol. The van der Waals surface area contributed by atoms with Crippen LogP contribution in [0.3, 0.4) is 0 Å². The molecule has 402 valence electrons. The standard InChI is InChI=1S/C36H50F26N4O/c1-3-4-5-6-7-8-9-10-15-24(38)26(41,42)28(45,46)33(55,56)35(59,60)66(21-14-17-64-22-67)19-12-11-18-65(20-13-16-63)36(61,62)34(57,58)32(53,54)31(51,52)30(49,50)29(47,48)27(43,44)25(39,40)23(2)37/h22-24H,3-21,63H2,1-2H3,(H,64,67). The molecular weight excluding hydrogens is 998 g/mol. The Morgan fingerprint density at radius 2 is 0.776 bits per heavy atom. The lowest BCUT2D eigenvalue weighted by Gasteiger charge is -2.45. The van der Waals surface area contributed by atoms with E-state index >= 15 is 26.3 Å². The van der Waals surface area contributed by atoms with Gasteiger partial charge in [-0.15, -0.1) is 0 Å². The third kappa shape index (κ3) is 12.5. The van der Waals surface area contributed by atoms with Crippen molar-refractivity contribution in [2.75, 3.05) is 39.3 Å². The van der Waals surface area contributed by atoms with Crippen LogP contribution in [0, 0.1) is 0 Å². The SMILES string of the molecule is CCCCCCCCCCC(F)C(F)(F)C(F)(F)C(F)(F)C(F)(F)N(CCCCN(CCCN)C(F)(F)C(F)(F)C(F)(F)C(F)(F)C(F)(F)C(F)(F)C(F)(F)C(F)(F)C(C)F)CCCNC=O. The Morgan fingerprint density at radius 3 is 1.16 bits per heavy atom. The second-order valence-corrected chi connectivity index (χ2v) is 15.5. The molecule has 0 fully saturated rings. The molecular formula is C36H50F26N4O. The summed E-state index contributed by atoms with van der Waals surface area (Å²) in [6, 6.07) is -13.6. The highest BCUT2D eigenvalue weighted by atomic mass is 19.4. The normalized spacial score (nSPS) is 16.0. The van der Waals surface area contributed by atoms with E-state index in [0.29, 0.717) is 12.8 Å². The second kappa shape index (κ2) is 23.6. The van der Waals surface area contributed by atoms with Gasteiger partial charge in [-0.2, -0.15) is 105 Å². The van der Waals surface area contributed by atoms with Gasteiger partial charge in [0.25, 0.3) is 0 Å². The summed E-state index contributed by atoms with van der Waals surface area (Å²) in [6.07, 6.45) is -12.4. The predicted octanol–water partition coefficient (Wildman–Crippen LogP) is 12.6. The van der Waals surface area contributed by atoms with E-state index in [1.54, 1.807) is 5.32 Å². The van der Waals surface area contributed by atoms with Crippen molar-refractivity contribution in [3.05, 3.63) is 0 Å². The van der Waals surface area contributed by atoms with Gasteiger partial charge < -0.3 is 11.1 Å². The molecule has 0 bridgehead atoms. The molecule has 3 N–H and O–H groups in total. The summed E-state index contributed by atoms with van der Waals surface area (Å²) >= 11 is 0. The van der Waals surface area contributed by atoms with E-state index in [4.69, 9.17) is 5.73 Å². The number of nitrogens with zero attached hydrogens (tertiary/aromatic N) is 2. The van der Waals surface area contributed by atoms with Crippen LogP contribution in [0.25, 0.3) is 0 Å². The minimum atomic E-state index is -8.90. The summed E-state index contributed by atoms with van der Waals surface area (Å²) in [4.78, 5) is 8.04. The van der Waals surface area contributed by atoms with Gasteiger partial charge in [0, 0.05) is 32.7 Å². The first-order valence-corrected chi connectivity index (χ1v) is 20.2. The minimum absolute atomic E-state index is 0.0619. The summed E-state index contributed by atoms with van der Waals surface area (Å²) in [6.45, 7) is -8.12. The number of nitrogens with two attached hydrogens (primary N) is 1. The van der Waals surface area contributed by atoms with Gasteiger partial charge in [-0.1, -0.05) is 58.3 Å². The van der Waals surface area contributed by atoms with Crippen LogP contribution in [-0.2, 0) is 4.79 Å². The lowest BCUT2D eigenvalue weighted by atomic mass is 9.87. The monoisotopic (exact) mass is 1050 g/mol. The number of rotatable bonds is 36. The van der Waals surface area contributed by atoms with Gasteiger partial charge in [0.2, 0.25) is 6.41 Å². The molecule has 0 rings (SSSR count). The molecule has 67 heavy (non-hydrogen) atoms. The van der Waals surface area contributed by atoms with Crippen LogP contribution < -0.4 is 11.1 Å². The molecule has 0 aromatic rings. The molecule has 0 heterocycles. The first kappa shape index (κ1) is 64.5. The van der Waals surface area contributed by atoms with E-state index in [-0.39, 0.29) is 19.3 Å². The van der Waals surface area contributed by atoms with E-state index < -0.39 is 178 Å². The fraction of sp³-hybridized carbons (Fsp3) is 0.972. The van der Waals surface area contributed by atoms with Crippen molar-refractivity contribution in [3.63, 3.8) is 0 Å². The van der Waals surface area contributed by atoms with Crippen molar-refractivity contribution in [1.29, 1.82) is 0 Å². The molecule has 0 aliphatic carbocycles. The average molecular weight is 1050 g/mol. The van der Waals surface area contributed by atoms with Crippen LogP contribution in [0.5, 0.6) is 0 Å². The molecule has 2 atom stereocenters. The highest BCUT2D eigenvalue weighted by Gasteiger charge is 2.95. The molecule has 0 aromatic heterocycles. The fourth-order valence-corrected chi connectivity index (χ4v) is 6.17. The zero-order valence-electron chi connectivity index (χ0n) is 35.4. The summed E-state index contributed by atoms with van der Waals surface area (Å²) in [7, 11) is 0. The van der Waals surface area contributed by atoms with Crippen LogP contribution >= 0.6 is 0 Å². The largest absolute Gasteiger partial charge is 0.392 e. The number of hydrogen-bond donors (Lipinski definition) is 2. The zero-order valence-corrected chi connectivity index (χ0v) is 35.4. The van der Waals surface area contributed by atoms with Crippen LogP contribution in [0.4, 0.5) is 114 Å². The van der Waals surface area contributed by atoms with E-state index in [1.165, 1.54) is 0 Å². The van der Waals surface area contributed by atoms with Gasteiger partial charge in [-0.05, 0) is 45.6 Å². The topological polar surface area (TPSA) is 61.6 Å². The van der Waals surface area contributed by atoms with Crippen molar-refractivity contribution in [3.8, 4) is 0 Å². The summed E-state index contributed by atoms with van der Waals surface area (Å²) in [5.41, 5.74) is 4.98. The summed E-state index contributed by atoms with van der Waals surface area (Å²) < 4.78 is 377. The minimum Gasteiger partial charge on any atom is -0.359 e. The third-order valence-electron chi connectivity index (χ3n) is 10.5. The molecule has 0 saturated heterocycles. The molecule has 1 amide bonds. The number of carbonyl (C=O) groups excluding carboxylic acids is 1. The van der Waals surface area contributed by atoms with Gasteiger partial charge in [0.05, 0.1) is 0 Å². The summed E-state index contributed by atoms with van der Waals surface area (Å²) in [5.74, 6) is -79.7. The average Bonchev–Trinajstić information content (AvgIpc) is 3.20. The molecule has 5 nitrogen and oxygen atoms in total. The highest BCUT2D eigenvalue weighted by Crippen LogP contribution is 2.64. The van der Waals surface area contributed by atoms with Gasteiger partial charge in [0.1, 0.15) is 0 Å². The van der Waals surface area contributed by atoms with Crippen molar-refractivity contribution >= 4 is 6.41 Å². The Balaban J connectivity index is 6.73. The molecule has 0 aromatic carbocycles. The van der Waals surface area contributed by atoms with E-state index in [1.807, 2.05) is 6.92 Å². The molecule has 0 spiro atoms. The lowest BCUT2D eigenvalue weighted by Crippen LogP contribution is -2.76. The van der Waals surface area contributed by atoms with Crippen molar-refractivity contribution < 1.29 is 119 Å². The highest BCUT2D eigenvalue weighted by molar-refractivity contribution is 5.45. The van der Waals surface area contributed by atoms with Crippen LogP contribution in [0.15, 0.2) is 0 Å². The van der Waals surface area contributed by atoms with Gasteiger partial charge in [-0.3, -0.25) is 4.79 Å². The molecule has 0 aliphatic rings. The van der Waals surface area contributed by atoms with E-state index in [2.05, 4.69) is 0 Å². The van der Waals surface area contributed by atoms with Gasteiger partial charge in [0.15, 0.2) is 12.3 Å². The van der Waals surface area contributed by atoms with Gasteiger partial charge in [-0.25, -0.2) is 18.6 Å². The van der Waals surface area contributed by atoms with Crippen molar-refractivity contribution in [2.45, 2.75) is 181 Å². The fourth-order valence-electron chi connectivity index (χ4n) is 6.17. The number of hydrogen-bond acceptors (Lipinski definition) is 4. The molecule has 0 saturated carbocycles. The number of amides is 1. The summed E-state index contributed by atoms with van der Waals surface area (Å²) in [5, 5.41) is 1.78. The Bertz CT molecular complexity index is 1480. The molecule has 0 aliphatic heterocycles. The van der Waals surface area contributed by atoms with Crippen molar-refractivity contribution in [1.82, 2.24) is 15.1 Å². The van der Waals surface area contributed by atoms with E-state index in [9.17, 15) is 92.6 Å². The first-order chi connectivity index (χ1) is 30.0. The molecule has 0 radical (unpaired) electrons. The van der Waals surface area contributed by atoms with Crippen molar-refractivity contribution in [2.24, 2.45) is 5.73 Å². The number of halogens is 26. The number of alkyl halides is 26. The third-order valence-corrected chi connectivity index (χ3v) is 10.5. The van der Waals surface area contributed by atoms with E-state index in [0.717, 1.165) is 19.3 Å². The van der Waals surface area contributed by atoms with Crippen LogP contribution in [-0.4, -0.2) is 139 Å². The molecule has 2 unspecified atom stereocenters. The Morgan fingerprint density at radius 1 is 0.448 bits per heavy atom. The molecule has 31 heteroatoms. The Labute approximate surface area is 366 Å². The first-order valence-electron chi connectivity index (χ1n) is 20.2. The second-order valence-electron chi connectivity index (χ2n) is 15.5. The number of carbonyl (C=O) groups is 1. The maximum Gasteiger partial charge on any atom is 0.392 e. The zero-order chi connectivity index (χ0) is 53.2.